The van der Waals surface area contributed by atoms with Crippen molar-refractivity contribution in [2.24, 2.45) is 0 Å². The van der Waals surface area contributed by atoms with E-state index in [1.165, 1.54) is 0 Å². The van der Waals surface area contributed by atoms with E-state index in [4.69, 9.17) is 4.74 Å². The fourth-order valence-electron chi connectivity index (χ4n) is 1.63. The van der Waals surface area contributed by atoms with Crippen molar-refractivity contribution in [3.05, 3.63) is 71.9 Å². The van der Waals surface area contributed by atoms with Gasteiger partial charge in [-0.25, -0.2) is 0 Å². The van der Waals surface area contributed by atoms with Gasteiger partial charge >= 0.3 is 0 Å². The third-order valence-corrected chi connectivity index (χ3v) is 2.62. The summed E-state index contributed by atoms with van der Waals surface area (Å²) in [5.74, 6) is 0.663. The molecule has 0 aliphatic rings. The molecule has 0 atom stereocenters. The van der Waals surface area contributed by atoms with Crippen molar-refractivity contribution in [3.63, 3.8) is 0 Å². The summed E-state index contributed by atoms with van der Waals surface area (Å²) in [6.45, 7) is 0. The third-order valence-electron chi connectivity index (χ3n) is 2.62. The Morgan fingerprint density at radius 3 is 2.63 bits per heavy atom. The van der Waals surface area contributed by atoms with E-state index in [1.54, 1.807) is 25.4 Å². The SMILES string of the molecule is COc1cccc(/C=C/NC(=O)c2ccccc2)c1. The summed E-state index contributed by atoms with van der Waals surface area (Å²) in [7, 11) is 1.63. The molecule has 0 radical (unpaired) electrons. The normalized spacial score (nSPS) is 10.4. The molecule has 0 saturated carbocycles. The van der Waals surface area contributed by atoms with Crippen LogP contribution in [0.3, 0.4) is 0 Å². The zero-order valence-corrected chi connectivity index (χ0v) is 10.7. The van der Waals surface area contributed by atoms with E-state index >= 15 is 0 Å². The first-order chi connectivity index (χ1) is 9.29. The molecular weight excluding hydrogens is 238 g/mol. The molecule has 19 heavy (non-hydrogen) atoms. The van der Waals surface area contributed by atoms with Gasteiger partial charge in [-0.1, -0.05) is 30.3 Å². The maximum absolute atomic E-state index is 11.8. The molecule has 0 saturated heterocycles. The number of carbonyl (C=O) groups excluding carboxylic acids is 1. The molecule has 2 aromatic rings. The second kappa shape index (κ2) is 6.40. The van der Waals surface area contributed by atoms with Crippen molar-refractivity contribution >= 4 is 12.0 Å². The van der Waals surface area contributed by atoms with Crippen molar-refractivity contribution in [1.82, 2.24) is 5.32 Å². The standard InChI is InChI=1S/C16H15NO2/c1-19-15-9-5-6-13(12-15)10-11-17-16(18)14-7-3-2-4-8-14/h2-12H,1H3,(H,17,18)/b11-10+. The number of rotatable bonds is 4. The van der Waals surface area contributed by atoms with Crippen LogP contribution in [0.2, 0.25) is 0 Å². The highest BCUT2D eigenvalue weighted by atomic mass is 16.5. The van der Waals surface area contributed by atoms with Gasteiger partial charge in [0.25, 0.3) is 5.91 Å². The van der Waals surface area contributed by atoms with Crippen LogP contribution in [-0.2, 0) is 0 Å². The first kappa shape index (κ1) is 12.9. The van der Waals surface area contributed by atoms with E-state index in [0.717, 1.165) is 11.3 Å². The van der Waals surface area contributed by atoms with Crippen molar-refractivity contribution in [2.45, 2.75) is 0 Å². The summed E-state index contributed by atoms with van der Waals surface area (Å²) in [4.78, 5) is 11.8. The van der Waals surface area contributed by atoms with Crippen LogP contribution >= 0.6 is 0 Å². The summed E-state index contributed by atoms with van der Waals surface area (Å²) in [5.41, 5.74) is 1.60. The molecule has 0 aliphatic carbocycles. The molecule has 2 rings (SSSR count). The minimum atomic E-state index is -0.125. The monoisotopic (exact) mass is 253 g/mol. The van der Waals surface area contributed by atoms with Crippen LogP contribution in [0, 0.1) is 0 Å². The summed E-state index contributed by atoms with van der Waals surface area (Å²) < 4.78 is 5.13. The second-order valence-corrected chi connectivity index (χ2v) is 3.95. The fraction of sp³-hybridized carbons (Fsp3) is 0.0625. The number of methoxy groups -OCH3 is 1. The summed E-state index contributed by atoms with van der Waals surface area (Å²) in [6.07, 6.45) is 3.45. The average molecular weight is 253 g/mol. The molecule has 96 valence electrons. The molecule has 1 N–H and O–H groups in total. The Morgan fingerprint density at radius 1 is 1.11 bits per heavy atom. The van der Waals surface area contributed by atoms with Crippen LogP contribution in [-0.4, -0.2) is 13.0 Å². The number of amides is 1. The van der Waals surface area contributed by atoms with Crippen LogP contribution in [0.1, 0.15) is 15.9 Å². The van der Waals surface area contributed by atoms with E-state index in [9.17, 15) is 4.79 Å². The predicted octanol–water partition coefficient (Wildman–Crippen LogP) is 3.10. The molecule has 1 amide bonds. The van der Waals surface area contributed by atoms with Crippen LogP contribution in [0.15, 0.2) is 60.8 Å². The maximum Gasteiger partial charge on any atom is 0.255 e. The molecule has 3 heteroatoms. The summed E-state index contributed by atoms with van der Waals surface area (Å²) in [6, 6.07) is 16.7. The van der Waals surface area contributed by atoms with Crippen molar-refractivity contribution in [3.8, 4) is 5.75 Å². The van der Waals surface area contributed by atoms with Crippen molar-refractivity contribution < 1.29 is 9.53 Å². The predicted molar refractivity (Wildman–Crippen MR) is 75.9 cm³/mol. The van der Waals surface area contributed by atoms with Gasteiger partial charge in [0, 0.05) is 11.8 Å². The highest BCUT2D eigenvalue weighted by molar-refractivity contribution is 5.95. The fourth-order valence-corrected chi connectivity index (χ4v) is 1.63. The Bertz CT molecular complexity index is 576. The minimum absolute atomic E-state index is 0.125. The molecule has 0 bridgehead atoms. The number of ether oxygens (including phenoxy) is 1. The van der Waals surface area contributed by atoms with Crippen molar-refractivity contribution in [2.75, 3.05) is 7.11 Å². The molecule has 0 aromatic heterocycles. The van der Waals surface area contributed by atoms with Gasteiger partial charge in [0.2, 0.25) is 0 Å². The number of hydrogen-bond acceptors (Lipinski definition) is 2. The van der Waals surface area contributed by atoms with Gasteiger partial charge in [-0.15, -0.1) is 0 Å². The van der Waals surface area contributed by atoms with E-state index < -0.39 is 0 Å². The van der Waals surface area contributed by atoms with Gasteiger partial charge in [-0.05, 0) is 35.9 Å². The van der Waals surface area contributed by atoms with Gasteiger partial charge in [0.15, 0.2) is 0 Å². The first-order valence-electron chi connectivity index (χ1n) is 5.96. The number of hydrogen-bond donors (Lipinski definition) is 1. The molecule has 0 spiro atoms. The Kier molecular flexibility index (Phi) is 4.34. The lowest BCUT2D eigenvalue weighted by atomic mass is 10.2. The Morgan fingerprint density at radius 2 is 1.89 bits per heavy atom. The summed E-state index contributed by atoms with van der Waals surface area (Å²) in [5, 5.41) is 2.72. The van der Waals surface area contributed by atoms with Crippen LogP contribution < -0.4 is 10.1 Å². The zero-order valence-electron chi connectivity index (χ0n) is 10.7. The number of benzene rings is 2. The van der Waals surface area contributed by atoms with E-state index in [2.05, 4.69) is 5.32 Å². The molecule has 3 nitrogen and oxygen atoms in total. The van der Waals surface area contributed by atoms with Crippen LogP contribution in [0.5, 0.6) is 5.75 Å². The van der Waals surface area contributed by atoms with Crippen LogP contribution in [0.4, 0.5) is 0 Å². The number of nitrogens with one attached hydrogen (secondary N) is 1. The van der Waals surface area contributed by atoms with E-state index in [0.29, 0.717) is 5.56 Å². The smallest absolute Gasteiger partial charge is 0.255 e. The van der Waals surface area contributed by atoms with Gasteiger partial charge in [-0.2, -0.15) is 0 Å². The van der Waals surface area contributed by atoms with E-state index in [-0.39, 0.29) is 5.91 Å². The molecular formula is C16H15NO2. The highest BCUT2D eigenvalue weighted by Crippen LogP contribution is 2.13. The van der Waals surface area contributed by atoms with E-state index in [1.807, 2.05) is 48.5 Å². The molecule has 0 fully saturated rings. The Hall–Kier alpha value is -2.55. The Balaban J connectivity index is 1.98. The summed E-state index contributed by atoms with van der Waals surface area (Å²) >= 11 is 0. The first-order valence-corrected chi connectivity index (χ1v) is 5.96. The van der Waals surface area contributed by atoms with Crippen LogP contribution in [0.25, 0.3) is 6.08 Å². The third kappa shape index (κ3) is 3.71. The molecule has 0 unspecified atom stereocenters. The second-order valence-electron chi connectivity index (χ2n) is 3.95. The minimum Gasteiger partial charge on any atom is -0.497 e. The molecule has 0 heterocycles. The van der Waals surface area contributed by atoms with Gasteiger partial charge in [0.1, 0.15) is 5.75 Å². The maximum atomic E-state index is 11.8. The van der Waals surface area contributed by atoms with Gasteiger partial charge in [0.05, 0.1) is 7.11 Å². The average Bonchev–Trinajstić information content (AvgIpc) is 2.48. The molecule has 2 aromatic carbocycles. The lowest BCUT2D eigenvalue weighted by molar-refractivity contribution is 0.0970. The zero-order chi connectivity index (χ0) is 13.5. The molecule has 0 aliphatic heterocycles. The quantitative estimate of drug-likeness (QED) is 0.909. The lowest BCUT2D eigenvalue weighted by Gasteiger charge is -2.01. The topological polar surface area (TPSA) is 38.3 Å². The Labute approximate surface area is 112 Å². The van der Waals surface area contributed by atoms with Gasteiger partial charge in [-0.3, -0.25) is 4.79 Å². The highest BCUT2D eigenvalue weighted by Gasteiger charge is 2.00. The largest absolute Gasteiger partial charge is 0.497 e. The lowest BCUT2D eigenvalue weighted by Crippen LogP contribution is -2.16. The number of carbonyl (C=O) groups is 1. The van der Waals surface area contributed by atoms with Gasteiger partial charge < -0.3 is 10.1 Å². The van der Waals surface area contributed by atoms with Crippen molar-refractivity contribution in [1.29, 1.82) is 0 Å².